The number of nitrogens with zero attached hydrogens (tertiary/aromatic N) is 2. The number of hydrogen-bond donors (Lipinski definition) is 2. The molecule has 0 unspecified atom stereocenters. The van der Waals surface area contributed by atoms with Gasteiger partial charge in [-0.15, -0.1) is 0 Å². The van der Waals surface area contributed by atoms with Crippen molar-refractivity contribution in [3.05, 3.63) is 0 Å². The lowest BCUT2D eigenvalue weighted by molar-refractivity contribution is -0.0169. The van der Waals surface area contributed by atoms with Gasteiger partial charge in [-0.3, -0.25) is 0 Å². The minimum Gasteiger partial charge on any atom is -0.408 e. The van der Waals surface area contributed by atoms with Gasteiger partial charge in [0.2, 0.25) is 5.96 Å². The molecule has 5 heteroatoms. The highest BCUT2D eigenvalue weighted by atomic mass is 16.5. The molecule has 0 bridgehead atoms. The zero-order valence-electron chi connectivity index (χ0n) is 7.45. The van der Waals surface area contributed by atoms with E-state index in [-0.39, 0.29) is 11.5 Å². The molecule has 12 heavy (non-hydrogen) atoms. The summed E-state index contributed by atoms with van der Waals surface area (Å²) in [4.78, 5) is 1.83. The van der Waals surface area contributed by atoms with E-state index in [4.69, 9.17) is 15.7 Å². The summed E-state index contributed by atoms with van der Waals surface area (Å²) in [5, 5.41) is 11.5. The standard InChI is InChI=1S/C7H15N3O2/c1-7(2)5-12-4-3-10(7)6(8)9-11/h11H,3-5H2,1-2H3,(H2,8,9). The summed E-state index contributed by atoms with van der Waals surface area (Å²) >= 11 is 0. The molecule has 0 atom stereocenters. The topological polar surface area (TPSA) is 71.1 Å². The monoisotopic (exact) mass is 173 g/mol. The van der Waals surface area contributed by atoms with E-state index in [1.54, 1.807) is 0 Å². The van der Waals surface area contributed by atoms with Gasteiger partial charge in [-0.2, -0.15) is 0 Å². The summed E-state index contributed by atoms with van der Waals surface area (Å²) in [6.45, 7) is 5.88. The summed E-state index contributed by atoms with van der Waals surface area (Å²) in [6, 6.07) is 0. The average Bonchev–Trinajstić information content (AvgIpc) is 2.02. The van der Waals surface area contributed by atoms with E-state index in [1.807, 2.05) is 18.7 Å². The second-order valence-corrected chi connectivity index (χ2v) is 3.47. The first-order valence-corrected chi connectivity index (χ1v) is 3.91. The van der Waals surface area contributed by atoms with E-state index in [2.05, 4.69) is 5.16 Å². The Bertz CT molecular complexity index is 191. The second kappa shape index (κ2) is 3.18. The summed E-state index contributed by atoms with van der Waals surface area (Å²) < 4.78 is 5.28. The molecule has 1 heterocycles. The first kappa shape index (κ1) is 9.12. The molecular formula is C7H15N3O2. The SMILES string of the molecule is CC1(C)COCCN1C(N)=NO. The zero-order chi connectivity index (χ0) is 9.19. The highest BCUT2D eigenvalue weighted by Crippen LogP contribution is 2.17. The average molecular weight is 173 g/mol. The van der Waals surface area contributed by atoms with Gasteiger partial charge in [-0.05, 0) is 13.8 Å². The van der Waals surface area contributed by atoms with Crippen molar-refractivity contribution >= 4 is 5.96 Å². The minimum absolute atomic E-state index is 0.156. The highest BCUT2D eigenvalue weighted by molar-refractivity contribution is 5.78. The molecule has 1 aliphatic heterocycles. The number of oxime groups is 1. The third-order valence-electron chi connectivity index (χ3n) is 2.02. The number of ether oxygens (including phenoxy) is 1. The Morgan fingerprint density at radius 1 is 1.67 bits per heavy atom. The Kier molecular flexibility index (Phi) is 2.42. The van der Waals surface area contributed by atoms with Gasteiger partial charge in [0.15, 0.2) is 0 Å². The molecule has 0 saturated carbocycles. The quantitative estimate of drug-likeness (QED) is 0.230. The largest absolute Gasteiger partial charge is 0.408 e. The molecule has 0 aromatic rings. The Balaban J connectivity index is 2.73. The Labute approximate surface area is 71.8 Å². The first-order valence-electron chi connectivity index (χ1n) is 3.91. The summed E-state index contributed by atoms with van der Waals surface area (Å²) in [6.07, 6.45) is 0. The van der Waals surface area contributed by atoms with E-state index in [1.165, 1.54) is 0 Å². The number of rotatable bonds is 0. The van der Waals surface area contributed by atoms with Crippen LogP contribution in [0.2, 0.25) is 0 Å². The minimum atomic E-state index is -0.186. The van der Waals surface area contributed by atoms with E-state index < -0.39 is 0 Å². The van der Waals surface area contributed by atoms with Crippen LogP contribution in [0.5, 0.6) is 0 Å². The normalized spacial score (nSPS) is 24.2. The summed E-state index contributed by atoms with van der Waals surface area (Å²) in [7, 11) is 0. The molecule has 1 aliphatic rings. The van der Waals surface area contributed by atoms with Gasteiger partial charge in [-0.25, -0.2) is 0 Å². The van der Waals surface area contributed by atoms with Crippen molar-refractivity contribution in [3.8, 4) is 0 Å². The predicted molar refractivity (Wildman–Crippen MR) is 45.0 cm³/mol. The van der Waals surface area contributed by atoms with Crippen molar-refractivity contribution in [1.82, 2.24) is 4.90 Å². The zero-order valence-corrected chi connectivity index (χ0v) is 7.45. The first-order chi connectivity index (χ1) is 5.58. The van der Waals surface area contributed by atoms with Crippen LogP contribution >= 0.6 is 0 Å². The number of morpholine rings is 1. The Morgan fingerprint density at radius 2 is 2.33 bits per heavy atom. The van der Waals surface area contributed by atoms with Gasteiger partial charge in [0.05, 0.1) is 18.8 Å². The smallest absolute Gasteiger partial charge is 0.233 e. The predicted octanol–water partition coefficient (Wildman–Crippen LogP) is -0.199. The second-order valence-electron chi connectivity index (χ2n) is 3.47. The van der Waals surface area contributed by atoms with Crippen molar-refractivity contribution in [2.24, 2.45) is 10.9 Å². The van der Waals surface area contributed by atoms with Gasteiger partial charge in [-0.1, -0.05) is 5.16 Å². The van der Waals surface area contributed by atoms with Crippen molar-refractivity contribution in [3.63, 3.8) is 0 Å². The van der Waals surface area contributed by atoms with Crippen molar-refractivity contribution < 1.29 is 9.94 Å². The van der Waals surface area contributed by atoms with Gasteiger partial charge >= 0.3 is 0 Å². The van der Waals surface area contributed by atoms with Crippen LogP contribution in [0.4, 0.5) is 0 Å². The maximum absolute atomic E-state index is 8.50. The highest BCUT2D eigenvalue weighted by Gasteiger charge is 2.31. The molecule has 3 N–H and O–H groups in total. The molecule has 1 saturated heterocycles. The number of hydrogen-bond acceptors (Lipinski definition) is 3. The van der Waals surface area contributed by atoms with Crippen LogP contribution in [0.15, 0.2) is 5.16 Å². The maximum atomic E-state index is 8.50. The van der Waals surface area contributed by atoms with Crippen LogP contribution in [0.1, 0.15) is 13.8 Å². The fourth-order valence-corrected chi connectivity index (χ4v) is 1.34. The molecule has 0 aliphatic carbocycles. The Hall–Kier alpha value is -0.970. The lowest BCUT2D eigenvalue weighted by Gasteiger charge is -2.42. The molecule has 0 spiro atoms. The number of nitrogens with two attached hydrogens (primary N) is 1. The van der Waals surface area contributed by atoms with Crippen LogP contribution in [-0.2, 0) is 4.74 Å². The van der Waals surface area contributed by atoms with Gasteiger partial charge in [0.1, 0.15) is 0 Å². The molecule has 0 radical (unpaired) electrons. The molecule has 0 aromatic heterocycles. The van der Waals surface area contributed by atoms with E-state index in [0.717, 1.165) is 0 Å². The van der Waals surface area contributed by atoms with Crippen molar-refractivity contribution in [1.29, 1.82) is 0 Å². The third kappa shape index (κ3) is 1.61. The maximum Gasteiger partial charge on any atom is 0.233 e. The van der Waals surface area contributed by atoms with E-state index in [0.29, 0.717) is 19.8 Å². The van der Waals surface area contributed by atoms with Gasteiger partial charge in [0.25, 0.3) is 0 Å². The van der Waals surface area contributed by atoms with E-state index >= 15 is 0 Å². The van der Waals surface area contributed by atoms with Crippen molar-refractivity contribution in [2.45, 2.75) is 19.4 Å². The molecule has 70 valence electrons. The summed E-state index contributed by atoms with van der Waals surface area (Å²) in [5.74, 6) is 0.156. The molecular weight excluding hydrogens is 158 g/mol. The van der Waals surface area contributed by atoms with Crippen LogP contribution < -0.4 is 5.73 Å². The lowest BCUT2D eigenvalue weighted by atomic mass is 10.0. The van der Waals surface area contributed by atoms with Crippen LogP contribution in [0.25, 0.3) is 0 Å². The van der Waals surface area contributed by atoms with Gasteiger partial charge < -0.3 is 20.6 Å². The number of guanidine groups is 1. The van der Waals surface area contributed by atoms with Crippen LogP contribution in [0.3, 0.4) is 0 Å². The molecule has 0 amide bonds. The molecule has 5 nitrogen and oxygen atoms in total. The van der Waals surface area contributed by atoms with Crippen LogP contribution in [-0.4, -0.2) is 41.4 Å². The van der Waals surface area contributed by atoms with Gasteiger partial charge in [0, 0.05) is 6.54 Å². The fraction of sp³-hybridized carbons (Fsp3) is 0.857. The van der Waals surface area contributed by atoms with Crippen LogP contribution in [0, 0.1) is 0 Å². The van der Waals surface area contributed by atoms with Crippen molar-refractivity contribution in [2.75, 3.05) is 19.8 Å². The fourth-order valence-electron chi connectivity index (χ4n) is 1.34. The Morgan fingerprint density at radius 3 is 2.83 bits per heavy atom. The lowest BCUT2D eigenvalue weighted by Crippen LogP contribution is -2.57. The third-order valence-corrected chi connectivity index (χ3v) is 2.02. The molecule has 1 rings (SSSR count). The summed E-state index contributed by atoms with van der Waals surface area (Å²) in [5.41, 5.74) is 5.31. The molecule has 1 fully saturated rings. The van der Waals surface area contributed by atoms with E-state index in [9.17, 15) is 0 Å². The molecule has 0 aromatic carbocycles.